The van der Waals surface area contributed by atoms with Crippen LogP contribution < -0.4 is 5.32 Å². The largest absolute Gasteiger partial charge is 0.309 e. The summed E-state index contributed by atoms with van der Waals surface area (Å²) < 4.78 is 0. The number of hydrogen-bond acceptors (Lipinski definition) is 3. The summed E-state index contributed by atoms with van der Waals surface area (Å²) in [6.07, 6.45) is 2.73. The molecule has 0 atom stereocenters. The summed E-state index contributed by atoms with van der Waals surface area (Å²) in [7, 11) is 0. The zero-order valence-corrected chi connectivity index (χ0v) is 12.3. The summed E-state index contributed by atoms with van der Waals surface area (Å²) in [6.45, 7) is 5.17. The highest BCUT2D eigenvalue weighted by molar-refractivity contribution is 7.13. The number of thiazole rings is 1. The van der Waals surface area contributed by atoms with E-state index in [1.54, 1.807) is 11.3 Å². The standard InChI is InChI=1S/C16H20N2S/c1-11(2)17-9-15-10-19-16(18-15)14-7-5-13(6-8-14)12-3-4-12/h5-8,10-12,17H,3-4,9H2,1-2H3. The fourth-order valence-electron chi connectivity index (χ4n) is 2.14. The van der Waals surface area contributed by atoms with Crippen molar-refractivity contribution in [2.75, 3.05) is 0 Å². The zero-order valence-electron chi connectivity index (χ0n) is 11.5. The number of benzene rings is 1. The summed E-state index contributed by atoms with van der Waals surface area (Å²) in [4.78, 5) is 4.70. The van der Waals surface area contributed by atoms with Gasteiger partial charge >= 0.3 is 0 Å². The van der Waals surface area contributed by atoms with E-state index in [0.717, 1.165) is 23.2 Å². The van der Waals surface area contributed by atoms with Crippen LogP contribution in [0, 0.1) is 0 Å². The molecule has 0 aliphatic heterocycles. The van der Waals surface area contributed by atoms with E-state index in [1.807, 2.05) is 0 Å². The first-order valence-electron chi connectivity index (χ1n) is 7.00. The van der Waals surface area contributed by atoms with Gasteiger partial charge in [0, 0.05) is 23.5 Å². The molecule has 3 heteroatoms. The zero-order chi connectivity index (χ0) is 13.2. The Morgan fingerprint density at radius 3 is 2.63 bits per heavy atom. The maximum atomic E-state index is 4.70. The minimum atomic E-state index is 0.503. The number of rotatable bonds is 5. The Morgan fingerprint density at radius 2 is 2.00 bits per heavy atom. The highest BCUT2D eigenvalue weighted by Gasteiger charge is 2.23. The van der Waals surface area contributed by atoms with Gasteiger partial charge in [-0.25, -0.2) is 4.98 Å². The molecule has 1 saturated carbocycles. The molecule has 1 heterocycles. The van der Waals surface area contributed by atoms with Crippen LogP contribution in [0.3, 0.4) is 0 Å². The summed E-state index contributed by atoms with van der Waals surface area (Å²) in [5.74, 6) is 0.830. The van der Waals surface area contributed by atoms with Crippen LogP contribution >= 0.6 is 11.3 Å². The molecule has 1 aliphatic rings. The first-order chi connectivity index (χ1) is 9.22. The van der Waals surface area contributed by atoms with Crippen LogP contribution in [0.1, 0.15) is 43.9 Å². The highest BCUT2D eigenvalue weighted by Crippen LogP contribution is 2.40. The van der Waals surface area contributed by atoms with E-state index >= 15 is 0 Å². The normalized spacial score (nSPS) is 15.1. The maximum Gasteiger partial charge on any atom is 0.123 e. The minimum absolute atomic E-state index is 0.503. The summed E-state index contributed by atoms with van der Waals surface area (Å²) in [6, 6.07) is 9.46. The van der Waals surface area contributed by atoms with Crippen molar-refractivity contribution < 1.29 is 0 Å². The highest BCUT2D eigenvalue weighted by atomic mass is 32.1. The molecule has 1 aromatic heterocycles. The van der Waals surface area contributed by atoms with E-state index in [9.17, 15) is 0 Å². The third-order valence-electron chi connectivity index (χ3n) is 3.45. The van der Waals surface area contributed by atoms with Crippen LogP contribution in [0.5, 0.6) is 0 Å². The fourth-order valence-corrected chi connectivity index (χ4v) is 2.97. The topological polar surface area (TPSA) is 24.9 Å². The number of nitrogens with zero attached hydrogens (tertiary/aromatic N) is 1. The van der Waals surface area contributed by atoms with Gasteiger partial charge in [0.15, 0.2) is 0 Å². The van der Waals surface area contributed by atoms with Crippen molar-refractivity contribution in [3.05, 3.63) is 40.9 Å². The van der Waals surface area contributed by atoms with Crippen molar-refractivity contribution in [2.45, 2.75) is 45.2 Å². The van der Waals surface area contributed by atoms with Crippen molar-refractivity contribution in [3.63, 3.8) is 0 Å². The molecule has 0 radical (unpaired) electrons. The van der Waals surface area contributed by atoms with Crippen molar-refractivity contribution in [1.82, 2.24) is 10.3 Å². The number of hydrogen-bond donors (Lipinski definition) is 1. The molecule has 0 spiro atoms. The maximum absolute atomic E-state index is 4.70. The van der Waals surface area contributed by atoms with Gasteiger partial charge in [-0.1, -0.05) is 38.1 Å². The Balaban J connectivity index is 1.70. The monoisotopic (exact) mass is 272 g/mol. The van der Waals surface area contributed by atoms with Gasteiger partial charge in [-0.2, -0.15) is 0 Å². The van der Waals surface area contributed by atoms with Gasteiger partial charge in [0.05, 0.1) is 5.69 Å². The molecule has 2 nitrogen and oxygen atoms in total. The Labute approximate surface area is 118 Å². The molecule has 1 N–H and O–H groups in total. The van der Waals surface area contributed by atoms with Crippen molar-refractivity contribution in [1.29, 1.82) is 0 Å². The first-order valence-corrected chi connectivity index (χ1v) is 7.88. The van der Waals surface area contributed by atoms with Gasteiger partial charge in [-0.15, -0.1) is 11.3 Å². The van der Waals surface area contributed by atoms with Gasteiger partial charge in [-0.05, 0) is 24.3 Å². The van der Waals surface area contributed by atoms with Gasteiger partial charge < -0.3 is 5.32 Å². The fraction of sp³-hybridized carbons (Fsp3) is 0.438. The van der Waals surface area contributed by atoms with E-state index in [-0.39, 0.29) is 0 Å². The predicted octanol–water partition coefficient (Wildman–Crippen LogP) is 4.19. The van der Waals surface area contributed by atoms with Crippen LogP contribution in [0.2, 0.25) is 0 Å². The molecule has 2 aromatic rings. The van der Waals surface area contributed by atoms with E-state index in [4.69, 9.17) is 4.98 Å². The van der Waals surface area contributed by atoms with Crippen LogP contribution in [0.25, 0.3) is 10.6 Å². The molecule has 3 rings (SSSR count). The third kappa shape index (κ3) is 3.23. The lowest BCUT2D eigenvalue weighted by molar-refractivity contribution is 0.583. The first kappa shape index (κ1) is 12.8. The Morgan fingerprint density at radius 1 is 1.26 bits per heavy atom. The van der Waals surface area contributed by atoms with E-state index in [2.05, 4.69) is 48.8 Å². The average molecular weight is 272 g/mol. The number of nitrogens with one attached hydrogen (secondary N) is 1. The van der Waals surface area contributed by atoms with Crippen LogP contribution in [-0.2, 0) is 6.54 Å². The summed E-state index contributed by atoms with van der Waals surface area (Å²) in [5.41, 5.74) is 3.87. The van der Waals surface area contributed by atoms with Crippen LogP contribution in [-0.4, -0.2) is 11.0 Å². The quantitative estimate of drug-likeness (QED) is 0.883. The lowest BCUT2D eigenvalue weighted by Gasteiger charge is -2.04. The molecule has 1 aliphatic carbocycles. The van der Waals surface area contributed by atoms with Crippen LogP contribution in [0.15, 0.2) is 29.6 Å². The Hall–Kier alpha value is -1.19. The van der Waals surface area contributed by atoms with E-state index < -0.39 is 0 Å². The molecule has 19 heavy (non-hydrogen) atoms. The van der Waals surface area contributed by atoms with Gasteiger partial charge in [-0.3, -0.25) is 0 Å². The molecule has 1 fully saturated rings. The summed E-state index contributed by atoms with van der Waals surface area (Å²) in [5, 5.41) is 6.68. The van der Waals surface area contributed by atoms with E-state index in [0.29, 0.717) is 6.04 Å². The second kappa shape index (κ2) is 5.43. The lowest BCUT2D eigenvalue weighted by Crippen LogP contribution is -2.21. The van der Waals surface area contributed by atoms with Crippen LogP contribution in [0.4, 0.5) is 0 Å². The van der Waals surface area contributed by atoms with Gasteiger partial charge in [0.2, 0.25) is 0 Å². The molecule has 0 amide bonds. The SMILES string of the molecule is CC(C)NCc1csc(-c2ccc(C3CC3)cc2)n1. The predicted molar refractivity (Wildman–Crippen MR) is 81.5 cm³/mol. The van der Waals surface area contributed by atoms with Gasteiger partial charge in [0.25, 0.3) is 0 Å². The molecular formula is C16H20N2S. The molecular weight excluding hydrogens is 252 g/mol. The second-order valence-electron chi connectivity index (χ2n) is 5.58. The Bertz CT molecular complexity index is 538. The van der Waals surface area contributed by atoms with E-state index in [1.165, 1.54) is 24.0 Å². The molecule has 0 unspecified atom stereocenters. The Kier molecular flexibility index (Phi) is 3.67. The van der Waals surface area contributed by atoms with Crippen molar-refractivity contribution >= 4 is 11.3 Å². The number of aromatic nitrogens is 1. The average Bonchev–Trinajstić information content (AvgIpc) is 3.15. The molecule has 0 saturated heterocycles. The van der Waals surface area contributed by atoms with Crippen molar-refractivity contribution in [3.8, 4) is 10.6 Å². The van der Waals surface area contributed by atoms with Crippen molar-refractivity contribution in [2.24, 2.45) is 0 Å². The molecule has 0 bridgehead atoms. The molecule has 1 aromatic carbocycles. The third-order valence-corrected chi connectivity index (χ3v) is 4.39. The summed E-state index contributed by atoms with van der Waals surface area (Å²) >= 11 is 1.73. The lowest BCUT2D eigenvalue weighted by atomic mass is 10.1. The molecule has 100 valence electrons. The smallest absolute Gasteiger partial charge is 0.123 e. The minimum Gasteiger partial charge on any atom is -0.309 e. The van der Waals surface area contributed by atoms with Gasteiger partial charge in [0.1, 0.15) is 5.01 Å². The second-order valence-corrected chi connectivity index (χ2v) is 6.43.